The third-order valence-corrected chi connectivity index (χ3v) is 2.91. The first-order valence-electron chi connectivity index (χ1n) is 6.89. The highest BCUT2D eigenvalue weighted by atomic mass is 16.2. The van der Waals surface area contributed by atoms with E-state index in [1.54, 1.807) is 18.2 Å². The molecule has 0 aliphatic rings. The molecule has 0 heterocycles. The summed E-state index contributed by atoms with van der Waals surface area (Å²) in [6.07, 6.45) is 0. The van der Waals surface area contributed by atoms with E-state index in [9.17, 15) is 4.79 Å². The van der Waals surface area contributed by atoms with Crippen molar-refractivity contribution in [2.75, 3.05) is 45.2 Å². The number of amides is 1. The first kappa shape index (κ1) is 16.3. The predicted molar refractivity (Wildman–Crippen MR) is 84.6 cm³/mol. The fraction of sp³-hybridized carbons (Fsp3) is 0.533. The summed E-state index contributed by atoms with van der Waals surface area (Å²) in [7, 11) is 3.99. The van der Waals surface area contributed by atoms with Crippen LogP contribution in [0.5, 0.6) is 0 Å². The van der Waals surface area contributed by atoms with Gasteiger partial charge in [-0.15, -0.1) is 0 Å². The van der Waals surface area contributed by atoms with Crippen molar-refractivity contribution in [2.45, 2.75) is 13.8 Å². The number of hydrogen-bond donors (Lipinski definition) is 2. The third kappa shape index (κ3) is 5.09. The lowest BCUT2D eigenvalue weighted by molar-refractivity contribution is 0.0725. The van der Waals surface area contributed by atoms with Crippen molar-refractivity contribution in [1.82, 2.24) is 9.80 Å². The Morgan fingerprint density at radius 1 is 1.10 bits per heavy atom. The van der Waals surface area contributed by atoms with E-state index < -0.39 is 0 Å². The molecule has 0 aliphatic heterocycles. The summed E-state index contributed by atoms with van der Waals surface area (Å²) in [5.41, 5.74) is 13.1. The maximum Gasteiger partial charge on any atom is 0.254 e. The number of rotatable bonds is 6. The molecule has 0 aromatic heterocycles. The van der Waals surface area contributed by atoms with E-state index in [1.165, 1.54) is 0 Å². The number of nitrogens with zero attached hydrogens (tertiary/aromatic N) is 2. The molecule has 1 aromatic rings. The summed E-state index contributed by atoms with van der Waals surface area (Å²) in [6.45, 7) is 6.45. The molecule has 0 saturated carbocycles. The summed E-state index contributed by atoms with van der Waals surface area (Å²) in [5.74, 6) is 0.402. The van der Waals surface area contributed by atoms with Gasteiger partial charge in [-0.25, -0.2) is 0 Å². The highest BCUT2D eigenvalue weighted by Gasteiger charge is 2.17. The molecule has 0 atom stereocenters. The molecular formula is C15H26N4O. The Kier molecular flexibility index (Phi) is 5.82. The van der Waals surface area contributed by atoms with E-state index >= 15 is 0 Å². The molecule has 1 amide bonds. The molecule has 0 saturated heterocycles. The minimum atomic E-state index is -0.0143. The number of nitrogen functional groups attached to an aromatic ring is 2. The summed E-state index contributed by atoms with van der Waals surface area (Å²) in [4.78, 5) is 16.5. The van der Waals surface area contributed by atoms with Gasteiger partial charge in [-0.3, -0.25) is 4.79 Å². The van der Waals surface area contributed by atoms with Crippen molar-refractivity contribution >= 4 is 17.3 Å². The quantitative estimate of drug-likeness (QED) is 0.773. The van der Waals surface area contributed by atoms with E-state index in [1.807, 2.05) is 19.0 Å². The van der Waals surface area contributed by atoms with Gasteiger partial charge in [0.25, 0.3) is 5.91 Å². The summed E-state index contributed by atoms with van der Waals surface area (Å²) >= 11 is 0. The standard InChI is InChI=1S/C15H26N4O/c1-11(2)10-19(6-5-18(3)4)15(20)12-7-13(16)9-14(17)8-12/h7-9,11H,5-6,10,16-17H2,1-4H3. The van der Waals surface area contributed by atoms with E-state index in [0.29, 0.717) is 29.4 Å². The van der Waals surface area contributed by atoms with Gasteiger partial charge in [-0.05, 0) is 38.2 Å². The normalized spacial score (nSPS) is 11.1. The summed E-state index contributed by atoms with van der Waals surface area (Å²) < 4.78 is 0. The second-order valence-corrected chi connectivity index (χ2v) is 5.84. The van der Waals surface area contributed by atoms with Gasteiger partial charge in [-0.2, -0.15) is 0 Å². The van der Waals surface area contributed by atoms with Crippen LogP contribution in [0, 0.1) is 5.92 Å². The fourth-order valence-electron chi connectivity index (χ4n) is 2.02. The van der Waals surface area contributed by atoms with Crippen LogP contribution in [0.4, 0.5) is 11.4 Å². The van der Waals surface area contributed by atoms with E-state index in [-0.39, 0.29) is 5.91 Å². The third-order valence-electron chi connectivity index (χ3n) is 2.91. The molecule has 0 fully saturated rings. The Hall–Kier alpha value is -1.75. The molecule has 0 radical (unpaired) electrons. The number of hydrogen-bond acceptors (Lipinski definition) is 4. The van der Waals surface area contributed by atoms with E-state index in [4.69, 9.17) is 11.5 Å². The van der Waals surface area contributed by atoms with Gasteiger partial charge in [0.05, 0.1) is 0 Å². The summed E-state index contributed by atoms with van der Waals surface area (Å²) in [6, 6.07) is 5.02. The van der Waals surface area contributed by atoms with Gasteiger partial charge in [0.2, 0.25) is 0 Å². The van der Waals surface area contributed by atoms with Crippen LogP contribution in [0.15, 0.2) is 18.2 Å². The molecule has 0 spiro atoms. The second-order valence-electron chi connectivity index (χ2n) is 5.84. The van der Waals surface area contributed by atoms with E-state index in [2.05, 4.69) is 18.7 Å². The van der Waals surface area contributed by atoms with Crippen LogP contribution in [0.2, 0.25) is 0 Å². The monoisotopic (exact) mass is 278 g/mol. The average molecular weight is 278 g/mol. The zero-order valence-corrected chi connectivity index (χ0v) is 12.9. The fourth-order valence-corrected chi connectivity index (χ4v) is 2.02. The maximum atomic E-state index is 12.6. The zero-order chi connectivity index (χ0) is 15.3. The van der Waals surface area contributed by atoms with Gasteiger partial charge < -0.3 is 21.3 Å². The van der Waals surface area contributed by atoms with Crippen molar-refractivity contribution < 1.29 is 4.79 Å². The Labute approximate surface area is 121 Å². The highest BCUT2D eigenvalue weighted by Crippen LogP contribution is 2.16. The topological polar surface area (TPSA) is 75.6 Å². The highest BCUT2D eigenvalue weighted by molar-refractivity contribution is 5.96. The molecule has 0 unspecified atom stereocenters. The second kappa shape index (κ2) is 7.14. The van der Waals surface area contributed by atoms with Crippen molar-refractivity contribution in [2.24, 2.45) is 5.92 Å². The number of nitrogens with two attached hydrogens (primary N) is 2. The first-order chi connectivity index (χ1) is 9.29. The molecule has 1 aromatic carbocycles. The smallest absolute Gasteiger partial charge is 0.254 e. The number of benzene rings is 1. The predicted octanol–water partition coefficient (Wildman–Crippen LogP) is 1.51. The van der Waals surface area contributed by atoms with Crippen LogP contribution >= 0.6 is 0 Å². The SMILES string of the molecule is CC(C)CN(CCN(C)C)C(=O)c1cc(N)cc(N)c1. The van der Waals surface area contributed by atoms with Crippen LogP contribution in [0.1, 0.15) is 24.2 Å². The van der Waals surface area contributed by atoms with Crippen molar-refractivity contribution in [3.8, 4) is 0 Å². The number of carbonyl (C=O) groups excluding carboxylic acids is 1. The minimum Gasteiger partial charge on any atom is -0.399 e. The van der Waals surface area contributed by atoms with Crippen LogP contribution in [-0.4, -0.2) is 49.4 Å². The number of likely N-dealkylation sites (N-methyl/N-ethyl adjacent to an activating group) is 1. The molecule has 5 heteroatoms. The van der Waals surface area contributed by atoms with Gasteiger partial charge in [-0.1, -0.05) is 13.8 Å². The van der Waals surface area contributed by atoms with Gasteiger partial charge in [0, 0.05) is 36.6 Å². The van der Waals surface area contributed by atoms with Crippen LogP contribution in [0.25, 0.3) is 0 Å². The molecular weight excluding hydrogens is 252 g/mol. The Bertz CT molecular complexity index is 437. The molecule has 1 rings (SSSR count). The largest absolute Gasteiger partial charge is 0.399 e. The lowest BCUT2D eigenvalue weighted by Crippen LogP contribution is -2.39. The average Bonchev–Trinajstić information content (AvgIpc) is 2.31. The van der Waals surface area contributed by atoms with Crippen molar-refractivity contribution in [3.05, 3.63) is 23.8 Å². The lowest BCUT2D eigenvalue weighted by atomic mass is 10.1. The van der Waals surface area contributed by atoms with Gasteiger partial charge >= 0.3 is 0 Å². The maximum absolute atomic E-state index is 12.6. The number of anilines is 2. The van der Waals surface area contributed by atoms with Crippen LogP contribution in [0.3, 0.4) is 0 Å². The van der Waals surface area contributed by atoms with Gasteiger partial charge in [0.15, 0.2) is 0 Å². The molecule has 5 nitrogen and oxygen atoms in total. The van der Waals surface area contributed by atoms with E-state index in [0.717, 1.165) is 13.1 Å². The number of carbonyl (C=O) groups is 1. The van der Waals surface area contributed by atoms with Gasteiger partial charge in [0.1, 0.15) is 0 Å². The molecule has 4 N–H and O–H groups in total. The Morgan fingerprint density at radius 2 is 1.65 bits per heavy atom. The molecule has 0 bridgehead atoms. The minimum absolute atomic E-state index is 0.0143. The van der Waals surface area contributed by atoms with Crippen molar-refractivity contribution in [3.63, 3.8) is 0 Å². The lowest BCUT2D eigenvalue weighted by Gasteiger charge is -2.26. The summed E-state index contributed by atoms with van der Waals surface area (Å²) in [5, 5.41) is 0. The van der Waals surface area contributed by atoms with Crippen molar-refractivity contribution in [1.29, 1.82) is 0 Å². The zero-order valence-electron chi connectivity index (χ0n) is 12.9. The van der Waals surface area contributed by atoms with Crippen LogP contribution < -0.4 is 11.5 Å². The van der Waals surface area contributed by atoms with Crippen LogP contribution in [-0.2, 0) is 0 Å². The Balaban J connectivity index is 2.90. The molecule has 112 valence electrons. The molecule has 0 aliphatic carbocycles. The molecule has 20 heavy (non-hydrogen) atoms. The first-order valence-corrected chi connectivity index (χ1v) is 6.89. The Morgan fingerprint density at radius 3 is 2.10 bits per heavy atom.